The van der Waals surface area contributed by atoms with E-state index in [9.17, 15) is 14.0 Å². The van der Waals surface area contributed by atoms with E-state index >= 15 is 0 Å². The van der Waals surface area contributed by atoms with E-state index in [0.29, 0.717) is 17.8 Å². The first-order chi connectivity index (χ1) is 14.5. The maximum Gasteiger partial charge on any atom is 0.280 e. The van der Waals surface area contributed by atoms with Gasteiger partial charge in [0.2, 0.25) is 5.43 Å². The summed E-state index contributed by atoms with van der Waals surface area (Å²) in [5.41, 5.74) is 2.01. The maximum atomic E-state index is 15.0. The number of hydroxylamine groups is 1. The van der Waals surface area contributed by atoms with Gasteiger partial charge in [-0.05, 0) is 38.1 Å². The number of benzene rings is 1. The Hall–Kier alpha value is -3.11. The van der Waals surface area contributed by atoms with Crippen LogP contribution < -0.4 is 10.9 Å². The van der Waals surface area contributed by atoms with E-state index in [0.717, 1.165) is 32.0 Å². The minimum Gasteiger partial charge on any atom is -0.343 e. The lowest BCUT2D eigenvalue weighted by Crippen LogP contribution is -2.27. The number of hydrogen-bond acceptors (Lipinski definition) is 6. The predicted molar refractivity (Wildman–Crippen MR) is 107 cm³/mol. The second kappa shape index (κ2) is 7.96. The molecular formula is C20H23FN6O3. The van der Waals surface area contributed by atoms with Gasteiger partial charge in [-0.2, -0.15) is 0 Å². The molecule has 1 saturated carbocycles. The molecule has 0 atom stereocenters. The Bertz CT molecular complexity index is 1160. The van der Waals surface area contributed by atoms with Crippen molar-refractivity contribution in [1.82, 2.24) is 29.9 Å². The predicted octanol–water partition coefficient (Wildman–Crippen LogP) is 2.02. The second-order valence-electron chi connectivity index (χ2n) is 7.39. The first-order valence-electron chi connectivity index (χ1n) is 9.93. The summed E-state index contributed by atoms with van der Waals surface area (Å²) in [6.07, 6.45) is 4.88. The molecule has 9 nitrogen and oxygen atoms in total. The van der Waals surface area contributed by atoms with E-state index in [2.05, 4.69) is 29.1 Å². The number of nitrogens with one attached hydrogen (secondary N) is 1. The molecule has 2 N–H and O–H groups in total. The monoisotopic (exact) mass is 414 g/mol. The van der Waals surface area contributed by atoms with E-state index < -0.39 is 17.2 Å². The summed E-state index contributed by atoms with van der Waals surface area (Å²) in [6.45, 7) is 6.45. The molecule has 0 radical (unpaired) electrons. The summed E-state index contributed by atoms with van der Waals surface area (Å²) >= 11 is 0. The van der Waals surface area contributed by atoms with E-state index in [1.807, 2.05) is 0 Å². The minimum absolute atomic E-state index is 0.0766. The van der Waals surface area contributed by atoms with Gasteiger partial charge >= 0.3 is 0 Å². The number of hydrogen-bond donors (Lipinski definition) is 2. The standard InChI is InChI=1S/C20H23FN6O3/c1-3-25(4-2)9-12-10-27(24-22-12)18-8-17-14(7-16(18)21)19(28)15(20(29)23-30)11-26(17)13-5-6-13/h7-8,10-11,13,30H,3-6,9H2,1-2H3,(H,23,29). The van der Waals surface area contributed by atoms with Crippen molar-refractivity contribution < 1.29 is 14.4 Å². The molecule has 1 amide bonds. The Labute approximate surface area is 171 Å². The van der Waals surface area contributed by atoms with Crippen LogP contribution in [0.4, 0.5) is 4.39 Å². The van der Waals surface area contributed by atoms with Gasteiger partial charge in [0.25, 0.3) is 5.91 Å². The smallest absolute Gasteiger partial charge is 0.280 e. The first-order valence-corrected chi connectivity index (χ1v) is 9.93. The quantitative estimate of drug-likeness (QED) is 0.453. The van der Waals surface area contributed by atoms with Gasteiger partial charge in [0.05, 0.1) is 17.4 Å². The van der Waals surface area contributed by atoms with Crippen LogP contribution in [-0.4, -0.2) is 48.7 Å². The fraction of sp³-hybridized carbons (Fsp3) is 0.400. The zero-order chi connectivity index (χ0) is 21.4. The van der Waals surface area contributed by atoms with Crippen molar-refractivity contribution in [3.63, 3.8) is 0 Å². The number of halogens is 1. The van der Waals surface area contributed by atoms with Crippen LogP contribution in [0.2, 0.25) is 0 Å². The highest BCUT2D eigenvalue weighted by Crippen LogP contribution is 2.37. The Kier molecular flexibility index (Phi) is 5.35. The van der Waals surface area contributed by atoms with Crippen molar-refractivity contribution in [1.29, 1.82) is 0 Å². The molecule has 4 rings (SSSR count). The summed E-state index contributed by atoms with van der Waals surface area (Å²) in [7, 11) is 0. The van der Waals surface area contributed by atoms with Crippen molar-refractivity contribution in [2.45, 2.75) is 39.3 Å². The number of fused-ring (bicyclic) bond motifs is 1. The van der Waals surface area contributed by atoms with Crippen LogP contribution in [-0.2, 0) is 6.54 Å². The Morgan fingerprint density at radius 2 is 2.03 bits per heavy atom. The van der Waals surface area contributed by atoms with Crippen molar-refractivity contribution in [3.05, 3.63) is 51.8 Å². The van der Waals surface area contributed by atoms with Crippen molar-refractivity contribution in [3.8, 4) is 5.69 Å². The van der Waals surface area contributed by atoms with Crippen molar-refractivity contribution in [2.75, 3.05) is 13.1 Å². The van der Waals surface area contributed by atoms with Crippen LogP contribution in [0.3, 0.4) is 0 Å². The normalized spacial score (nSPS) is 13.9. The van der Waals surface area contributed by atoms with E-state index in [4.69, 9.17) is 5.21 Å². The first kappa shape index (κ1) is 20.2. The van der Waals surface area contributed by atoms with Gasteiger partial charge in [-0.3, -0.25) is 19.7 Å². The molecule has 2 heterocycles. The van der Waals surface area contributed by atoms with Crippen LogP contribution in [0.5, 0.6) is 0 Å². The van der Waals surface area contributed by atoms with E-state index in [-0.39, 0.29) is 22.7 Å². The molecule has 10 heteroatoms. The molecule has 30 heavy (non-hydrogen) atoms. The number of carbonyl (C=O) groups excluding carboxylic acids is 1. The molecule has 1 aromatic carbocycles. The van der Waals surface area contributed by atoms with Gasteiger partial charge in [0.15, 0.2) is 0 Å². The Morgan fingerprint density at radius 1 is 1.30 bits per heavy atom. The summed E-state index contributed by atoms with van der Waals surface area (Å²) in [4.78, 5) is 26.8. The van der Waals surface area contributed by atoms with Gasteiger partial charge in [0.1, 0.15) is 17.1 Å². The molecule has 1 aliphatic rings. The Morgan fingerprint density at radius 3 is 2.67 bits per heavy atom. The molecule has 0 unspecified atom stereocenters. The summed E-state index contributed by atoms with van der Waals surface area (Å²) in [5.74, 6) is -1.57. The fourth-order valence-electron chi connectivity index (χ4n) is 3.58. The second-order valence-corrected chi connectivity index (χ2v) is 7.39. The molecule has 2 aromatic heterocycles. The highest BCUT2D eigenvalue weighted by molar-refractivity contribution is 5.97. The number of nitrogens with zero attached hydrogens (tertiary/aromatic N) is 5. The fourth-order valence-corrected chi connectivity index (χ4v) is 3.58. The van der Waals surface area contributed by atoms with Crippen LogP contribution >= 0.6 is 0 Å². The zero-order valence-electron chi connectivity index (χ0n) is 16.8. The van der Waals surface area contributed by atoms with Gasteiger partial charge in [-0.15, -0.1) is 5.10 Å². The molecular weight excluding hydrogens is 391 g/mol. The van der Waals surface area contributed by atoms with Gasteiger partial charge in [0, 0.05) is 24.2 Å². The van der Waals surface area contributed by atoms with E-state index in [1.54, 1.807) is 16.8 Å². The average Bonchev–Trinajstić information content (AvgIpc) is 3.49. The molecule has 1 aliphatic carbocycles. The molecule has 0 saturated heterocycles. The third kappa shape index (κ3) is 3.59. The summed E-state index contributed by atoms with van der Waals surface area (Å²) < 4.78 is 18.1. The largest absolute Gasteiger partial charge is 0.343 e. The maximum absolute atomic E-state index is 15.0. The molecule has 1 fully saturated rings. The molecule has 158 valence electrons. The zero-order valence-corrected chi connectivity index (χ0v) is 16.8. The average molecular weight is 414 g/mol. The molecule has 3 aromatic rings. The van der Waals surface area contributed by atoms with Gasteiger partial charge < -0.3 is 4.57 Å². The lowest BCUT2D eigenvalue weighted by atomic mass is 10.1. The van der Waals surface area contributed by atoms with Crippen molar-refractivity contribution >= 4 is 16.8 Å². The number of aromatic nitrogens is 4. The lowest BCUT2D eigenvalue weighted by molar-refractivity contribution is 0.0704. The molecule has 0 spiro atoms. The van der Waals surface area contributed by atoms with Crippen LogP contribution in [0, 0.1) is 5.82 Å². The van der Waals surface area contributed by atoms with Gasteiger partial charge in [-0.1, -0.05) is 19.1 Å². The highest BCUT2D eigenvalue weighted by atomic mass is 19.1. The van der Waals surface area contributed by atoms with E-state index in [1.165, 1.54) is 16.4 Å². The lowest BCUT2D eigenvalue weighted by Gasteiger charge is -2.15. The highest BCUT2D eigenvalue weighted by Gasteiger charge is 2.27. The third-order valence-electron chi connectivity index (χ3n) is 5.45. The minimum atomic E-state index is -0.918. The topological polar surface area (TPSA) is 105 Å². The number of amides is 1. The molecule has 0 aliphatic heterocycles. The summed E-state index contributed by atoms with van der Waals surface area (Å²) in [6, 6.07) is 2.79. The molecule has 0 bridgehead atoms. The van der Waals surface area contributed by atoms with Gasteiger partial charge in [-0.25, -0.2) is 14.6 Å². The number of rotatable bonds is 7. The van der Waals surface area contributed by atoms with Crippen LogP contribution in [0.25, 0.3) is 16.6 Å². The van der Waals surface area contributed by atoms with Crippen LogP contribution in [0.1, 0.15) is 48.8 Å². The van der Waals surface area contributed by atoms with Crippen LogP contribution in [0.15, 0.2) is 29.3 Å². The number of carbonyl (C=O) groups is 1. The SMILES string of the molecule is CCN(CC)Cc1cn(-c2cc3c(cc2F)c(=O)c(C(=O)NO)cn3C2CC2)nn1. The number of pyridine rings is 1. The third-order valence-corrected chi connectivity index (χ3v) is 5.45. The summed E-state index contributed by atoms with van der Waals surface area (Å²) in [5, 5.41) is 17.2. The Balaban J connectivity index is 1.83. The van der Waals surface area contributed by atoms with Crippen molar-refractivity contribution in [2.24, 2.45) is 0 Å².